The van der Waals surface area contributed by atoms with E-state index in [1.165, 1.54) is 6.07 Å². The highest BCUT2D eigenvalue weighted by Gasteiger charge is 2.38. The molecule has 0 aliphatic carbocycles. The number of anilines is 2. The van der Waals surface area contributed by atoms with Crippen molar-refractivity contribution in [1.82, 2.24) is 0 Å². The second kappa shape index (κ2) is 4.11. The lowest BCUT2D eigenvalue weighted by atomic mass is 9.96. The van der Waals surface area contributed by atoms with Crippen molar-refractivity contribution in [2.75, 3.05) is 29.9 Å². The van der Waals surface area contributed by atoms with Gasteiger partial charge in [-0.1, -0.05) is 0 Å². The van der Waals surface area contributed by atoms with E-state index >= 15 is 0 Å². The number of aliphatic carboxylic acids is 1. The van der Waals surface area contributed by atoms with Crippen LogP contribution < -0.4 is 10.2 Å². The molecule has 2 aliphatic heterocycles. The smallest absolute Gasteiger partial charge is 0.310 e. The van der Waals surface area contributed by atoms with E-state index in [1.54, 1.807) is 11.0 Å². The van der Waals surface area contributed by atoms with E-state index in [4.69, 9.17) is 5.11 Å². The topological polar surface area (TPSA) is 95.7 Å². The third-order valence-electron chi connectivity index (χ3n) is 3.70. The Morgan fingerprint density at radius 3 is 2.84 bits per heavy atom. The van der Waals surface area contributed by atoms with Gasteiger partial charge in [0, 0.05) is 37.0 Å². The number of nitro benzene ring substituents is 1. The summed E-state index contributed by atoms with van der Waals surface area (Å²) in [6.45, 7) is 1.44. The number of nitrogens with one attached hydrogen (secondary N) is 1. The van der Waals surface area contributed by atoms with Crippen molar-refractivity contribution in [2.24, 2.45) is 5.92 Å². The summed E-state index contributed by atoms with van der Waals surface area (Å²) < 4.78 is 0. The van der Waals surface area contributed by atoms with Crippen LogP contribution in [0.4, 0.5) is 17.1 Å². The lowest BCUT2D eigenvalue weighted by molar-refractivity contribution is -0.384. The van der Waals surface area contributed by atoms with Gasteiger partial charge in [-0.05, 0) is 12.5 Å². The maximum atomic E-state index is 11.1. The van der Waals surface area contributed by atoms with Crippen LogP contribution in [0.1, 0.15) is 5.56 Å². The maximum absolute atomic E-state index is 11.1. The van der Waals surface area contributed by atoms with Crippen LogP contribution >= 0.6 is 0 Å². The summed E-state index contributed by atoms with van der Waals surface area (Å²) in [5, 5.41) is 23.2. The first-order valence-electron chi connectivity index (χ1n) is 6.10. The Kier molecular flexibility index (Phi) is 2.55. The molecule has 7 nitrogen and oxygen atoms in total. The zero-order valence-corrected chi connectivity index (χ0v) is 10.1. The zero-order valence-electron chi connectivity index (χ0n) is 10.1. The summed E-state index contributed by atoms with van der Waals surface area (Å²) in [6.07, 6.45) is 0.737. The van der Waals surface area contributed by atoms with E-state index in [0.717, 1.165) is 24.2 Å². The Hall–Kier alpha value is -2.31. The minimum atomic E-state index is -0.843. The van der Waals surface area contributed by atoms with E-state index in [2.05, 4.69) is 5.32 Å². The van der Waals surface area contributed by atoms with Gasteiger partial charge >= 0.3 is 5.97 Å². The van der Waals surface area contributed by atoms with Crippen LogP contribution in [0.25, 0.3) is 0 Å². The summed E-state index contributed by atoms with van der Waals surface area (Å²) in [5.41, 5.74) is 2.49. The number of benzene rings is 1. The van der Waals surface area contributed by atoms with Gasteiger partial charge in [0.1, 0.15) is 5.69 Å². The molecule has 0 saturated carbocycles. The van der Waals surface area contributed by atoms with Crippen molar-refractivity contribution >= 4 is 23.0 Å². The van der Waals surface area contributed by atoms with Crippen LogP contribution in [0.5, 0.6) is 0 Å². The van der Waals surface area contributed by atoms with Crippen molar-refractivity contribution in [2.45, 2.75) is 6.42 Å². The molecule has 2 heterocycles. The molecular formula is C12H13N3O4. The van der Waals surface area contributed by atoms with Crippen molar-refractivity contribution in [3.63, 3.8) is 0 Å². The van der Waals surface area contributed by atoms with Gasteiger partial charge in [0.25, 0.3) is 5.69 Å². The molecule has 0 aromatic heterocycles. The Labute approximate surface area is 109 Å². The Morgan fingerprint density at radius 2 is 2.21 bits per heavy atom. The maximum Gasteiger partial charge on any atom is 0.310 e. The number of hydrogen-bond acceptors (Lipinski definition) is 5. The van der Waals surface area contributed by atoms with Crippen LogP contribution in [-0.2, 0) is 11.2 Å². The standard InChI is InChI=1S/C12H13N3O4/c16-12(17)7-5-14(6-7)11-8-3-4-13-9(8)1-2-10(11)15(18)19/h1-2,7,13H,3-6H2,(H,16,17). The lowest BCUT2D eigenvalue weighted by Gasteiger charge is -2.39. The molecule has 0 spiro atoms. The summed E-state index contributed by atoms with van der Waals surface area (Å²) in [7, 11) is 0. The molecule has 7 heteroatoms. The molecule has 2 aliphatic rings. The first-order chi connectivity index (χ1) is 9.08. The summed E-state index contributed by atoms with van der Waals surface area (Å²) in [6, 6.07) is 3.21. The van der Waals surface area contributed by atoms with Crippen molar-refractivity contribution in [3.8, 4) is 0 Å². The SMILES string of the molecule is O=C(O)C1CN(c2c([N+](=O)[O-])ccc3c2CCN3)C1. The number of rotatable bonds is 3. The minimum absolute atomic E-state index is 0.0614. The van der Waals surface area contributed by atoms with E-state index in [1.807, 2.05) is 0 Å². The average molecular weight is 263 g/mol. The Bertz CT molecular complexity index is 566. The number of carbonyl (C=O) groups is 1. The fraction of sp³-hybridized carbons (Fsp3) is 0.417. The molecule has 100 valence electrons. The quantitative estimate of drug-likeness (QED) is 0.626. The number of carboxylic acids is 1. The number of nitro groups is 1. The summed E-state index contributed by atoms with van der Waals surface area (Å²) >= 11 is 0. The minimum Gasteiger partial charge on any atom is -0.481 e. The van der Waals surface area contributed by atoms with Crippen LogP contribution in [0, 0.1) is 16.0 Å². The van der Waals surface area contributed by atoms with Gasteiger partial charge in [-0.3, -0.25) is 14.9 Å². The second-order valence-corrected chi connectivity index (χ2v) is 4.83. The van der Waals surface area contributed by atoms with Gasteiger partial charge in [0.2, 0.25) is 0 Å². The molecule has 0 amide bonds. The van der Waals surface area contributed by atoms with Gasteiger partial charge < -0.3 is 15.3 Å². The number of carboxylic acid groups (broad SMARTS) is 1. The first kappa shape index (κ1) is 11.8. The summed E-state index contributed by atoms with van der Waals surface area (Å²) in [5.74, 6) is -1.27. The fourth-order valence-electron chi connectivity index (χ4n) is 2.68. The first-order valence-corrected chi connectivity index (χ1v) is 6.10. The molecule has 1 aromatic carbocycles. The van der Waals surface area contributed by atoms with Crippen LogP contribution in [-0.4, -0.2) is 35.6 Å². The number of nitrogens with zero attached hydrogens (tertiary/aromatic N) is 2. The normalized spacial score (nSPS) is 17.6. The Morgan fingerprint density at radius 1 is 1.47 bits per heavy atom. The van der Waals surface area contributed by atoms with Gasteiger partial charge in [-0.2, -0.15) is 0 Å². The van der Waals surface area contributed by atoms with Crippen LogP contribution in [0.15, 0.2) is 12.1 Å². The molecule has 0 radical (unpaired) electrons. The van der Waals surface area contributed by atoms with Gasteiger partial charge in [0.15, 0.2) is 0 Å². The monoisotopic (exact) mass is 263 g/mol. The molecule has 0 unspecified atom stereocenters. The number of fused-ring (bicyclic) bond motifs is 1. The van der Waals surface area contributed by atoms with Crippen molar-refractivity contribution in [3.05, 3.63) is 27.8 Å². The molecule has 1 fully saturated rings. The highest BCUT2D eigenvalue weighted by molar-refractivity contribution is 5.81. The molecule has 1 saturated heterocycles. The third kappa shape index (κ3) is 1.78. The fourth-order valence-corrected chi connectivity index (χ4v) is 2.68. The predicted molar refractivity (Wildman–Crippen MR) is 68.6 cm³/mol. The van der Waals surface area contributed by atoms with Crippen LogP contribution in [0.2, 0.25) is 0 Å². The van der Waals surface area contributed by atoms with E-state index in [-0.39, 0.29) is 5.69 Å². The highest BCUT2D eigenvalue weighted by Crippen LogP contribution is 2.42. The molecule has 3 rings (SSSR count). The predicted octanol–water partition coefficient (Wildman–Crippen LogP) is 1.08. The van der Waals surface area contributed by atoms with Gasteiger partial charge in [0.05, 0.1) is 10.8 Å². The largest absolute Gasteiger partial charge is 0.481 e. The van der Waals surface area contributed by atoms with Crippen LogP contribution in [0.3, 0.4) is 0 Å². The summed E-state index contributed by atoms with van der Waals surface area (Å²) in [4.78, 5) is 23.4. The molecule has 0 bridgehead atoms. The van der Waals surface area contributed by atoms with Crippen molar-refractivity contribution < 1.29 is 14.8 Å². The molecule has 0 atom stereocenters. The van der Waals surface area contributed by atoms with E-state index in [9.17, 15) is 14.9 Å². The third-order valence-corrected chi connectivity index (χ3v) is 3.70. The second-order valence-electron chi connectivity index (χ2n) is 4.83. The van der Waals surface area contributed by atoms with Crippen molar-refractivity contribution in [1.29, 1.82) is 0 Å². The lowest BCUT2D eigenvalue weighted by Crippen LogP contribution is -2.51. The molecule has 2 N–H and O–H groups in total. The van der Waals surface area contributed by atoms with E-state index in [0.29, 0.717) is 18.8 Å². The Balaban J connectivity index is 1.98. The highest BCUT2D eigenvalue weighted by atomic mass is 16.6. The molecule has 1 aromatic rings. The molecule has 19 heavy (non-hydrogen) atoms. The van der Waals surface area contributed by atoms with E-state index < -0.39 is 16.8 Å². The van der Waals surface area contributed by atoms with Gasteiger partial charge in [-0.25, -0.2) is 0 Å². The average Bonchev–Trinajstić information content (AvgIpc) is 2.74. The van der Waals surface area contributed by atoms with Gasteiger partial charge in [-0.15, -0.1) is 0 Å². The number of hydrogen-bond donors (Lipinski definition) is 2. The zero-order chi connectivity index (χ0) is 13.6. The molecular weight excluding hydrogens is 250 g/mol.